The summed E-state index contributed by atoms with van der Waals surface area (Å²) >= 11 is 0. The zero-order valence-electron chi connectivity index (χ0n) is 31.8. The molecule has 2 atom stereocenters. The maximum atomic E-state index is 13.3. The number of rotatable bonds is 15. The van der Waals surface area contributed by atoms with Crippen LogP contribution in [-0.4, -0.2) is 70.6 Å². The molecule has 0 saturated heterocycles. The molecule has 0 aliphatic heterocycles. The van der Waals surface area contributed by atoms with Crippen LogP contribution in [-0.2, 0) is 4.74 Å². The van der Waals surface area contributed by atoms with Crippen LogP contribution in [0.1, 0.15) is 98.7 Å². The molecular formula is C34H39ClLiN9O12. The number of halogens is 1. The number of nitrogens with zero attached hydrogens (tertiary/aromatic N) is 6. The first-order chi connectivity index (χ1) is 25.7. The van der Waals surface area contributed by atoms with Gasteiger partial charge in [-0.3, -0.25) is 4.79 Å². The number of amides is 2. The van der Waals surface area contributed by atoms with E-state index in [0.717, 1.165) is 19.1 Å². The van der Waals surface area contributed by atoms with E-state index in [4.69, 9.17) is 36.3 Å². The predicted molar refractivity (Wildman–Crippen MR) is 183 cm³/mol. The van der Waals surface area contributed by atoms with Crippen LogP contribution in [0.15, 0.2) is 64.1 Å². The summed E-state index contributed by atoms with van der Waals surface area (Å²) in [6.45, 7) is 9.63. The van der Waals surface area contributed by atoms with Gasteiger partial charge in [-0.1, -0.05) is 13.8 Å². The number of nitrogens with one attached hydrogen (secondary N) is 2. The Morgan fingerprint density at radius 3 is 1.75 bits per heavy atom. The Labute approximate surface area is 341 Å². The van der Waals surface area contributed by atoms with Gasteiger partial charge in [0.05, 0.1) is 0 Å². The third kappa shape index (κ3) is 11.4. The van der Waals surface area contributed by atoms with Gasteiger partial charge in [0, 0.05) is 13.0 Å². The largest absolute Gasteiger partial charge is 1.00 e. The molecule has 0 bridgehead atoms. The third-order valence-corrected chi connectivity index (χ3v) is 7.60. The van der Waals surface area contributed by atoms with E-state index in [2.05, 4.69) is 46.3 Å². The molecule has 2 unspecified atom stereocenters. The van der Waals surface area contributed by atoms with Gasteiger partial charge in [0.2, 0.25) is 29.5 Å². The molecule has 6 heterocycles. The van der Waals surface area contributed by atoms with E-state index in [-0.39, 0.29) is 107 Å². The number of carboxylic acids is 1. The first kappa shape index (κ1) is 45.7. The first-order valence-corrected chi connectivity index (χ1v) is 16.8. The number of carbonyl (C=O) groups is 3. The number of carbonyl (C=O) groups excluding carboxylic acids is 2. The quantitative estimate of drug-likeness (QED) is 0.0708. The molecule has 0 aliphatic carbocycles. The fraction of sp³-hybridized carbons (Fsp3) is 0.382. The van der Waals surface area contributed by atoms with E-state index in [9.17, 15) is 14.4 Å². The molecule has 0 spiro atoms. The molecule has 23 heteroatoms. The Hall–Kier alpha value is -5.72. The van der Waals surface area contributed by atoms with Crippen LogP contribution in [0, 0.1) is 5.92 Å². The predicted octanol–water partition coefficient (Wildman–Crippen LogP) is -1.08. The van der Waals surface area contributed by atoms with Crippen molar-refractivity contribution < 1.29 is 93.2 Å². The summed E-state index contributed by atoms with van der Waals surface area (Å²) in [7, 11) is 0. The summed E-state index contributed by atoms with van der Waals surface area (Å²) in [6.07, 6.45) is 9.19. The molecule has 0 radical (unpaired) electrons. The second-order valence-corrected chi connectivity index (χ2v) is 13.4. The van der Waals surface area contributed by atoms with E-state index in [0.29, 0.717) is 24.6 Å². The van der Waals surface area contributed by atoms with Crippen LogP contribution in [0.4, 0.5) is 4.79 Å². The van der Waals surface area contributed by atoms with Crippen molar-refractivity contribution in [2.24, 2.45) is 5.92 Å². The van der Waals surface area contributed by atoms with Gasteiger partial charge >= 0.3 is 30.9 Å². The Morgan fingerprint density at radius 1 is 0.737 bits per heavy atom. The number of aromatic carboxylic acids is 1. The maximum Gasteiger partial charge on any atom is 1.00 e. The normalized spacial score (nSPS) is 12.2. The minimum atomic E-state index is -1.25. The fourth-order valence-corrected chi connectivity index (χ4v) is 4.94. The molecule has 6 aromatic rings. The summed E-state index contributed by atoms with van der Waals surface area (Å²) in [4.78, 5) is 61.9. The Bertz CT molecular complexity index is 2230. The van der Waals surface area contributed by atoms with Crippen LogP contribution in [0.5, 0.6) is 0 Å². The van der Waals surface area contributed by atoms with Gasteiger partial charge in [0.25, 0.3) is 11.8 Å². The molecule has 57 heavy (non-hydrogen) atoms. The number of carboxylic acid groups (broad SMARTS) is 1. The van der Waals surface area contributed by atoms with E-state index < -0.39 is 29.6 Å². The maximum absolute atomic E-state index is 13.3. The molecule has 7 N–H and O–H groups in total. The van der Waals surface area contributed by atoms with E-state index >= 15 is 0 Å². The number of hydrogen-bond acceptors (Lipinski definition) is 17. The van der Waals surface area contributed by atoms with Crippen molar-refractivity contribution in [2.45, 2.75) is 71.6 Å². The molecule has 0 aliphatic rings. The standard InChI is InChI=1S/C34H37N9O11.ClH.Li.H2O/c1-16(2)24(31-41-22(14-53-31)29-40-21(13-51-29)30-42-23(15-52-30)32(45)46)43-25(44)18-10-49-27(37-18)20-12-50-28(39-20)19-11-48-26(38-19)17(35)8-6-7-9-36-33(47)54-34(3,4)5;;;/h10-17,24H,6-9,35H2,1-5H3,(H,36,47)(H,43,44)(H,45,46);1H;;1H2/q;;+1;/p-1. The van der Waals surface area contributed by atoms with Gasteiger partial charge in [0.1, 0.15) is 49.2 Å². The van der Waals surface area contributed by atoms with Gasteiger partial charge in [-0.25, -0.2) is 39.5 Å². The van der Waals surface area contributed by atoms with E-state index in [1.54, 1.807) is 0 Å². The zero-order chi connectivity index (χ0) is 38.6. The number of oxazole rings is 6. The molecule has 6 aromatic heterocycles. The number of aromatic nitrogens is 6. The number of ether oxygens (including phenoxy) is 1. The monoisotopic (exact) mass is 807 g/mol. The number of hydrogen-bond donors (Lipinski definition) is 4. The molecule has 0 saturated carbocycles. The summed E-state index contributed by atoms with van der Waals surface area (Å²) in [5.74, 6) is -1.19. The molecule has 2 amide bonds. The second-order valence-electron chi connectivity index (χ2n) is 13.4. The average molecular weight is 808 g/mol. The summed E-state index contributed by atoms with van der Waals surface area (Å²) < 4.78 is 38.3. The SMILES string of the molecule is CC(C)C(NC(=O)c1coc(-c2coc(-c3coc(C([NH3+])CCCCNC(=O)OC(C)(C)C)n3)n2)n1)c1nc(-c2nc(-c3nc(C(=O)O)co3)co2)co1.[Cl-].[Li+].[OH-]. The van der Waals surface area contributed by atoms with Gasteiger partial charge in [0.15, 0.2) is 40.2 Å². The van der Waals surface area contributed by atoms with Gasteiger partial charge in [-0.15, -0.1) is 0 Å². The van der Waals surface area contributed by atoms with Crippen molar-refractivity contribution in [3.63, 3.8) is 0 Å². The summed E-state index contributed by atoms with van der Waals surface area (Å²) in [5.41, 5.74) is 4.22. The second kappa shape index (κ2) is 19.4. The van der Waals surface area contributed by atoms with Crippen molar-refractivity contribution in [3.05, 3.63) is 60.7 Å². The molecule has 0 fully saturated rings. The molecule has 300 valence electrons. The van der Waals surface area contributed by atoms with Crippen LogP contribution >= 0.6 is 0 Å². The Morgan fingerprint density at radius 2 is 1.21 bits per heavy atom. The first-order valence-electron chi connectivity index (χ1n) is 16.8. The molecule has 6 rings (SSSR count). The van der Waals surface area contributed by atoms with Crippen LogP contribution in [0.25, 0.3) is 46.3 Å². The zero-order valence-corrected chi connectivity index (χ0v) is 32.5. The van der Waals surface area contributed by atoms with Crippen molar-refractivity contribution in [3.8, 4) is 46.3 Å². The van der Waals surface area contributed by atoms with Gasteiger partial charge < -0.3 is 70.6 Å². The van der Waals surface area contributed by atoms with Crippen LogP contribution in [0.2, 0.25) is 0 Å². The smallest absolute Gasteiger partial charge is 1.00 e. The summed E-state index contributed by atoms with van der Waals surface area (Å²) in [5, 5.41) is 14.7. The van der Waals surface area contributed by atoms with Gasteiger partial charge in [-0.2, -0.15) is 0 Å². The molecule has 21 nitrogen and oxygen atoms in total. The van der Waals surface area contributed by atoms with Crippen molar-refractivity contribution in [1.82, 2.24) is 40.5 Å². The Balaban J connectivity index is 0.00000290. The van der Waals surface area contributed by atoms with Crippen molar-refractivity contribution in [2.75, 3.05) is 6.54 Å². The topological polar surface area (TPSA) is 319 Å². The number of unbranched alkanes of at least 4 members (excludes halogenated alkanes) is 1. The van der Waals surface area contributed by atoms with Crippen molar-refractivity contribution in [1.29, 1.82) is 0 Å². The van der Waals surface area contributed by atoms with Crippen LogP contribution in [0.3, 0.4) is 0 Å². The minimum absolute atomic E-state index is 0. The Kier molecular flexibility index (Phi) is 15.6. The third-order valence-electron chi connectivity index (χ3n) is 7.60. The molecular weight excluding hydrogens is 769 g/mol. The van der Waals surface area contributed by atoms with Gasteiger partial charge in [-0.05, 0) is 39.5 Å². The fourth-order valence-electron chi connectivity index (χ4n) is 4.94. The number of alkyl carbamates (subject to hydrolysis) is 1. The van der Waals surface area contributed by atoms with Crippen LogP contribution < -0.4 is 47.6 Å². The average Bonchev–Trinajstić information content (AvgIpc) is 3.96. The minimum Gasteiger partial charge on any atom is -1.00 e. The molecule has 0 aromatic carbocycles. The van der Waals surface area contributed by atoms with Crippen molar-refractivity contribution >= 4 is 18.0 Å². The number of quaternary nitrogens is 1. The van der Waals surface area contributed by atoms with E-state index in [1.807, 2.05) is 34.6 Å². The van der Waals surface area contributed by atoms with E-state index in [1.165, 1.54) is 31.3 Å². The summed E-state index contributed by atoms with van der Waals surface area (Å²) in [6, 6.07) is -0.924.